The Morgan fingerprint density at radius 1 is 1.35 bits per heavy atom. The Hall–Kier alpha value is -1.88. The molecule has 5 heteroatoms. The zero-order valence-electron chi connectivity index (χ0n) is 11.7. The van der Waals surface area contributed by atoms with Crippen LogP contribution in [0.4, 0.5) is 0 Å². The van der Waals surface area contributed by atoms with E-state index in [0.29, 0.717) is 18.0 Å². The number of hydrogen-bond acceptors (Lipinski definition) is 3. The van der Waals surface area contributed by atoms with E-state index in [1.165, 1.54) is 0 Å². The van der Waals surface area contributed by atoms with Crippen LogP contribution in [0.5, 0.6) is 0 Å². The number of nitrogens with two attached hydrogens (primary N) is 1. The number of benzene rings is 1. The largest absolute Gasteiger partial charge is 0.343 e. The van der Waals surface area contributed by atoms with Gasteiger partial charge in [0.1, 0.15) is 0 Å². The van der Waals surface area contributed by atoms with Gasteiger partial charge in [0.15, 0.2) is 0 Å². The highest BCUT2D eigenvalue weighted by Crippen LogP contribution is 2.34. The van der Waals surface area contributed by atoms with Gasteiger partial charge in [0, 0.05) is 25.2 Å². The maximum Gasteiger partial charge on any atom is 0.251 e. The first-order chi connectivity index (χ1) is 9.63. The Balaban J connectivity index is 1.84. The van der Waals surface area contributed by atoms with Crippen LogP contribution < -0.4 is 11.1 Å². The number of carbonyl (C=O) groups is 2. The van der Waals surface area contributed by atoms with Crippen LogP contribution in [0.1, 0.15) is 23.2 Å². The Bertz CT molecular complexity index is 471. The summed E-state index contributed by atoms with van der Waals surface area (Å²) in [6.07, 6.45) is 2.27. The van der Waals surface area contributed by atoms with Gasteiger partial charge in [-0.1, -0.05) is 18.2 Å². The molecule has 0 bridgehead atoms. The molecule has 1 unspecified atom stereocenters. The number of rotatable bonds is 6. The highest BCUT2D eigenvalue weighted by atomic mass is 16.2. The Morgan fingerprint density at radius 2 is 2.00 bits per heavy atom. The molecule has 1 saturated carbocycles. The lowest BCUT2D eigenvalue weighted by molar-refractivity contribution is -0.131. The lowest BCUT2D eigenvalue weighted by Crippen LogP contribution is -2.47. The number of nitrogens with zero attached hydrogens (tertiary/aromatic N) is 1. The molecule has 2 amide bonds. The number of hydrogen-bond donors (Lipinski definition) is 2. The van der Waals surface area contributed by atoms with Gasteiger partial charge in [0.2, 0.25) is 5.91 Å². The second kappa shape index (κ2) is 6.52. The summed E-state index contributed by atoms with van der Waals surface area (Å²) in [7, 11) is 1.76. The monoisotopic (exact) mass is 275 g/mol. The van der Waals surface area contributed by atoms with Crippen LogP contribution in [0, 0.1) is 5.92 Å². The third-order valence-electron chi connectivity index (χ3n) is 3.73. The molecule has 0 saturated heterocycles. The van der Waals surface area contributed by atoms with E-state index in [-0.39, 0.29) is 24.4 Å². The van der Waals surface area contributed by atoms with Gasteiger partial charge in [-0.25, -0.2) is 0 Å². The van der Waals surface area contributed by atoms with Crippen LogP contribution in [-0.2, 0) is 4.79 Å². The Kier molecular flexibility index (Phi) is 4.74. The topological polar surface area (TPSA) is 75.4 Å². The lowest BCUT2D eigenvalue weighted by atomic mass is 10.1. The van der Waals surface area contributed by atoms with Gasteiger partial charge in [0.25, 0.3) is 5.91 Å². The summed E-state index contributed by atoms with van der Waals surface area (Å²) in [4.78, 5) is 25.6. The van der Waals surface area contributed by atoms with E-state index >= 15 is 0 Å². The molecule has 1 aliphatic carbocycles. The minimum Gasteiger partial charge on any atom is -0.343 e. The van der Waals surface area contributed by atoms with Crippen molar-refractivity contribution in [3.63, 3.8) is 0 Å². The van der Waals surface area contributed by atoms with Crippen molar-refractivity contribution in [2.45, 2.75) is 18.9 Å². The van der Waals surface area contributed by atoms with Gasteiger partial charge in [-0.15, -0.1) is 0 Å². The Labute approximate surface area is 119 Å². The van der Waals surface area contributed by atoms with Crippen molar-refractivity contribution in [1.82, 2.24) is 10.2 Å². The van der Waals surface area contributed by atoms with E-state index in [2.05, 4.69) is 5.32 Å². The average Bonchev–Trinajstić information content (AvgIpc) is 3.30. The van der Waals surface area contributed by atoms with E-state index in [0.717, 1.165) is 12.8 Å². The van der Waals surface area contributed by atoms with Crippen LogP contribution in [0.15, 0.2) is 30.3 Å². The summed E-state index contributed by atoms with van der Waals surface area (Å²) < 4.78 is 0. The van der Waals surface area contributed by atoms with Crippen molar-refractivity contribution < 1.29 is 9.59 Å². The molecule has 1 aromatic carbocycles. The summed E-state index contributed by atoms with van der Waals surface area (Å²) in [5.74, 6) is 0.193. The van der Waals surface area contributed by atoms with Crippen molar-refractivity contribution in [3.05, 3.63) is 35.9 Å². The second-order valence-electron chi connectivity index (χ2n) is 5.19. The van der Waals surface area contributed by atoms with Crippen molar-refractivity contribution in [3.8, 4) is 0 Å². The summed E-state index contributed by atoms with van der Waals surface area (Å²) in [5, 5.41) is 2.65. The van der Waals surface area contributed by atoms with Crippen LogP contribution in [0.3, 0.4) is 0 Å². The zero-order chi connectivity index (χ0) is 14.5. The van der Waals surface area contributed by atoms with Crippen LogP contribution in [0.25, 0.3) is 0 Å². The number of likely N-dealkylation sites (N-methyl/N-ethyl adjacent to an activating group) is 1. The molecule has 0 spiro atoms. The molecule has 3 N–H and O–H groups in total. The zero-order valence-corrected chi connectivity index (χ0v) is 11.7. The maximum atomic E-state index is 12.1. The summed E-state index contributed by atoms with van der Waals surface area (Å²) >= 11 is 0. The normalized spacial score (nSPS) is 15.5. The van der Waals surface area contributed by atoms with Crippen LogP contribution in [0.2, 0.25) is 0 Å². The fourth-order valence-corrected chi connectivity index (χ4v) is 2.30. The van der Waals surface area contributed by atoms with E-state index in [1.54, 1.807) is 36.2 Å². The fourth-order valence-electron chi connectivity index (χ4n) is 2.30. The molecule has 1 atom stereocenters. The maximum absolute atomic E-state index is 12.1. The highest BCUT2D eigenvalue weighted by Gasteiger charge is 2.34. The van der Waals surface area contributed by atoms with Gasteiger partial charge < -0.3 is 16.0 Å². The predicted molar refractivity (Wildman–Crippen MR) is 77.1 cm³/mol. The molecule has 0 heterocycles. The first-order valence-electron chi connectivity index (χ1n) is 6.92. The Morgan fingerprint density at radius 3 is 2.55 bits per heavy atom. The minimum absolute atomic E-state index is 0.00739. The standard InChI is InChI=1S/C15H21N3O2/c1-18(13(9-16)11-7-8-11)14(19)10-17-15(20)12-5-3-2-4-6-12/h2-6,11,13H,7-10,16H2,1H3,(H,17,20). The molecule has 0 radical (unpaired) electrons. The SMILES string of the molecule is CN(C(=O)CNC(=O)c1ccccc1)C(CN)C1CC1. The number of nitrogens with one attached hydrogen (secondary N) is 1. The molecule has 1 aliphatic rings. The molecule has 2 rings (SSSR count). The summed E-state index contributed by atoms with van der Waals surface area (Å²) in [5.41, 5.74) is 6.27. The number of amides is 2. The molecule has 0 aromatic heterocycles. The van der Waals surface area contributed by atoms with Gasteiger partial charge in [-0.05, 0) is 30.9 Å². The van der Waals surface area contributed by atoms with Crippen molar-refractivity contribution >= 4 is 11.8 Å². The average molecular weight is 275 g/mol. The van der Waals surface area contributed by atoms with E-state index in [1.807, 2.05) is 6.07 Å². The quantitative estimate of drug-likeness (QED) is 0.799. The van der Waals surface area contributed by atoms with Crippen LogP contribution in [-0.4, -0.2) is 42.9 Å². The van der Waals surface area contributed by atoms with E-state index in [4.69, 9.17) is 5.73 Å². The summed E-state index contributed by atoms with van der Waals surface area (Å²) in [6, 6.07) is 8.96. The van der Waals surface area contributed by atoms with Gasteiger partial charge in [0.05, 0.1) is 6.54 Å². The molecule has 20 heavy (non-hydrogen) atoms. The molecule has 5 nitrogen and oxygen atoms in total. The first kappa shape index (κ1) is 14.5. The van der Waals surface area contributed by atoms with Gasteiger partial charge in [-0.3, -0.25) is 9.59 Å². The first-order valence-corrected chi connectivity index (χ1v) is 6.92. The molecular formula is C15H21N3O2. The van der Waals surface area contributed by atoms with Crippen molar-refractivity contribution in [1.29, 1.82) is 0 Å². The molecule has 0 aliphatic heterocycles. The molecule has 1 aromatic rings. The van der Waals surface area contributed by atoms with Crippen molar-refractivity contribution in [2.24, 2.45) is 11.7 Å². The third-order valence-corrected chi connectivity index (χ3v) is 3.73. The smallest absolute Gasteiger partial charge is 0.251 e. The predicted octanol–water partition coefficient (Wildman–Crippen LogP) is 0.612. The lowest BCUT2D eigenvalue weighted by Gasteiger charge is -2.27. The summed E-state index contributed by atoms with van der Waals surface area (Å²) in [6.45, 7) is 0.479. The molecular weight excluding hydrogens is 254 g/mol. The minimum atomic E-state index is -0.233. The molecule has 108 valence electrons. The van der Waals surface area contributed by atoms with Crippen molar-refractivity contribution in [2.75, 3.05) is 20.1 Å². The highest BCUT2D eigenvalue weighted by molar-refractivity contribution is 5.96. The van der Waals surface area contributed by atoms with Gasteiger partial charge in [-0.2, -0.15) is 0 Å². The second-order valence-corrected chi connectivity index (χ2v) is 5.19. The fraction of sp³-hybridized carbons (Fsp3) is 0.467. The van der Waals surface area contributed by atoms with Crippen LogP contribution >= 0.6 is 0 Å². The van der Waals surface area contributed by atoms with Gasteiger partial charge >= 0.3 is 0 Å². The number of carbonyl (C=O) groups excluding carboxylic acids is 2. The molecule has 1 fully saturated rings. The van der Waals surface area contributed by atoms with E-state index in [9.17, 15) is 9.59 Å². The third kappa shape index (κ3) is 3.57. The van der Waals surface area contributed by atoms with E-state index < -0.39 is 0 Å².